The molecule has 0 amide bonds. The highest BCUT2D eigenvalue weighted by Crippen LogP contribution is 2.39. The van der Waals surface area contributed by atoms with Crippen LogP contribution in [0, 0.1) is 0 Å². The molecule has 6 aliphatic heterocycles. The Balaban J connectivity index is 1.06. The van der Waals surface area contributed by atoms with Crippen molar-refractivity contribution in [2.45, 2.75) is 32.0 Å². The van der Waals surface area contributed by atoms with Crippen LogP contribution in [0.5, 0.6) is 0 Å². The molecular weight excluding hydrogens is 560 g/mol. The van der Waals surface area contributed by atoms with Crippen LogP contribution in [-0.4, -0.2) is 42.8 Å². The van der Waals surface area contributed by atoms with E-state index in [9.17, 15) is 0 Å². The molecule has 5 N–H and O–H groups in total. The number of fused-ring (bicyclic) bond motifs is 8. The zero-order valence-corrected chi connectivity index (χ0v) is 23.9. The van der Waals surface area contributed by atoms with E-state index < -0.39 is 0 Å². The fourth-order valence-electron chi connectivity index (χ4n) is 6.36. The third kappa shape index (κ3) is 3.73. The van der Waals surface area contributed by atoms with Crippen molar-refractivity contribution in [3.8, 4) is 0 Å². The van der Waals surface area contributed by atoms with E-state index in [0.29, 0.717) is 53.3 Å². The Morgan fingerprint density at radius 3 is 2.77 bits per heavy atom. The molecule has 0 bridgehead atoms. The fraction of sp³-hybridized carbons (Fsp3) is 0.219. The molecule has 9 rings (SSSR count). The van der Waals surface area contributed by atoms with Gasteiger partial charge in [0.15, 0.2) is 23.0 Å². The zero-order chi connectivity index (χ0) is 29.4. The van der Waals surface area contributed by atoms with Crippen molar-refractivity contribution in [3.63, 3.8) is 0 Å². The molecule has 1 aromatic rings. The predicted molar refractivity (Wildman–Crippen MR) is 163 cm³/mol. The Bertz CT molecular complexity index is 1890. The van der Waals surface area contributed by atoms with Crippen molar-refractivity contribution in [3.05, 3.63) is 124 Å². The lowest BCUT2D eigenvalue weighted by atomic mass is 9.92. The maximum atomic E-state index is 6.13. The molecule has 0 radical (unpaired) electrons. The highest BCUT2D eigenvalue weighted by atomic mass is 16.6. The number of aliphatic imine (C=N–C) groups is 3. The number of benzene rings is 1. The molecule has 0 saturated heterocycles. The predicted octanol–water partition coefficient (Wildman–Crippen LogP) is 2.88. The number of rotatable bonds is 2. The van der Waals surface area contributed by atoms with Gasteiger partial charge in [0.2, 0.25) is 0 Å². The van der Waals surface area contributed by atoms with Gasteiger partial charge in [-0.15, -0.1) is 0 Å². The van der Waals surface area contributed by atoms with E-state index in [0.717, 1.165) is 45.3 Å². The Hall–Kier alpha value is -5.65. The summed E-state index contributed by atoms with van der Waals surface area (Å²) < 4.78 is 24.4. The number of hydrogen-bond donors (Lipinski definition) is 5. The Morgan fingerprint density at radius 1 is 0.909 bits per heavy atom. The molecule has 2 aliphatic carbocycles. The maximum Gasteiger partial charge on any atom is 0.195 e. The molecular formula is C32H28N8O4. The lowest BCUT2D eigenvalue weighted by Gasteiger charge is -2.38. The van der Waals surface area contributed by atoms with Crippen LogP contribution in [0.1, 0.15) is 31.0 Å². The number of allylic oxidation sites excluding steroid dienone is 2. The molecule has 3 unspecified atom stereocenters. The molecule has 44 heavy (non-hydrogen) atoms. The first kappa shape index (κ1) is 24.9. The molecule has 12 heteroatoms. The minimum absolute atomic E-state index is 0.158. The summed E-state index contributed by atoms with van der Waals surface area (Å²) in [6.45, 7) is 4.97. The molecule has 12 nitrogen and oxygen atoms in total. The number of hydrogen-bond acceptors (Lipinski definition) is 12. The first-order valence-electron chi connectivity index (χ1n) is 14.5. The average Bonchev–Trinajstić information content (AvgIpc) is 3.08. The van der Waals surface area contributed by atoms with Crippen LogP contribution in [0.25, 0.3) is 5.70 Å². The van der Waals surface area contributed by atoms with E-state index in [1.807, 2.05) is 44.7 Å². The number of nitrogens with one attached hydrogen (secondary N) is 5. The summed E-state index contributed by atoms with van der Waals surface area (Å²) in [6.07, 6.45) is 10.6. The third-order valence-electron chi connectivity index (χ3n) is 8.34. The van der Waals surface area contributed by atoms with E-state index in [1.165, 1.54) is 0 Å². The molecule has 0 fully saturated rings. The lowest BCUT2D eigenvalue weighted by Crippen LogP contribution is -2.48. The van der Waals surface area contributed by atoms with Crippen LogP contribution in [0.4, 0.5) is 0 Å². The Kier molecular flexibility index (Phi) is 5.34. The van der Waals surface area contributed by atoms with Gasteiger partial charge >= 0.3 is 0 Å². The highest BCUT2D eigenvalue weighted by molar-refractivity contribution is 6.13. The lowest BCUT2D eigenvalue weighted by molar-refractivity contribution is 0.191. The molecule has 3 atom stereocenters. The summed E-state index contributed by atoms with van der Waals surface area (Å²) in [5, 5.41) is 17.4. The summed E-state index contributed by atoms with van der Waals surface area (Å²) in [4.78, 5) is 14.7. The van der Waals surface area contributed by atoms with Gasteiger partial charge in [-0.25, -0.2) is 0 Å². The van der Waals surface area contributed by atoms with Crippen LogP contribution in [0.3, 0.4) is 0 Å². The summed E-state index contributed by atoms with van der Waals surface area (Å²) in [7, 11) is 0. The van der Waals surface area contributed by atoms with Gasteiger partial charge in [-0.1, -0.05) is 18.2 Å². The molecule has 0 aromatic heterocycles. The van der Waals surface area contributed by atoms with Crippen molar-refractivity contribution in [2.24, 2.45) is 15.0 Å². The van der Waals surface area contributed by atoms with Gasteiger partial charge in [0, 0.05) is 25.2 Å². The molecule has 0 spiro atoms. The Labute approximate surface area is 252 Å². The normalized spacial score (nSPS) is 27.3. The second kappa shape index (κ2) is 9.43. The summed E-state index contributed by atoms with van der Waals surface area (Å²) in [5.41, 5.74) is 7.86. The zero-order valence-electron chi connectivity index (χ0n) is 23.9. The fourth-order valence-corrected chi connectivity index (χ4v) is 6.36. The average molecular weight is 589 g/mol. The van der Waals surface area contributed by atoms with E-state index >= 15 is 0 Å². The molecule has 1 aromatic carbocycles. The van der Waals surface area contributed by atoms with Crippen LogP contribution >= 0.6 is 0 Å². The minimum Gasteiger partial charge on any atom is -0.459 e. The minimum atomic E-state index is -0.338. The Morgan fingerprint density at radius 2 is 1.82 bits per heavy atom. The van der Waals surface area contributed by atoms with Crippen molar-refractivity contribution in [1.82, 2.24) is 26.6 Å². The van der Waals surface area contributed by atoms with Crippen molar-refractivity contribution in [2.75, 3.05) is 13.1 Å². The monoisotopic (exact) mass is 588 g/mol. The van der Waals surface area contributed by atoms with Gasteiger partial charge in [-0.2, -0.15) is 0 Å². The first-order chi connectivity index (χ1) is 21.6. The highest BCUT2D eigenvalue weighted by Gasteiger charge is 2.43. The van der Waals surface area contributed by atoms with Crippen LogP contribution in [-0.2, 0) is 18.9 Å². The molecule has 6 heterocycles. The van der Waals surface area contributed by atoms with E-state index in [1.54, 1.807) is 12.5 Å². The van der Waals surface area contributed by atoms with Crippen LogP contribution < -0.4 is 26.6 Å². The van der Waals surface area contributed by atoms with Gasteiger partial charge in [-0.05, 0) is 31.0 Å². The topological polar surface area (TPSA) is 134 Å². The van der Waals surface area contributed by atoms with E-state index in [2.05, 4.69) is 49.8 Å². The second-order valence-electron chi connectivity index (χ2n) is 11.2. The van der Waals surface area contributed by atoms with Crippen LogP contribution in [0.2, 0.25) is 0 Å². The summed E-state index contributed by atoms with van der Waals surface area (Å²) in [6, 6.07) is 7.66. The molecule has 0 saturated carbocycles. The quantitative estimate of drug-likeness (QED) is 0.354. The summed E-state index contributed by atoms with van der Waals surface area (Å²) >= 11 is 0. The van der Waals surface area contributed by atoms with E-state index in [4.69, 9.17) is 28.9 Å². The van der Waals surface area contributed by atoms with Gasteiger partial charge in [0.25, 0.3) is 0 Å². The van der Waals surface area contributed by atoms with Crippen LogP contribution in [0.15, 0.2) is 128 Å². The second-order valence-corrected chi connectivity index (χ2v) is 11.2. The van der Waals surface area contributed by atoms with Gasteiger partial charge in [-0.3, -0.25) is 15.0 Å². The smallest absolute Gasteiger partial charge is 0.195 e. The van der Waals surface area contributed by atoms with Gasteiger partial charge in [0.1, 0.15) is 47.5 Å². The van der Waals surface area contributed by atoms with Gasteiger partial charge in [0.05, 0.1) is 47.3 Å². The standard InChI is InChI=1S/C32H28N8O4/c1-15-13-41-29-27-23(21-25(31(29)43-15)35-8-6-33-21)37-11-19(39-27)17-4-3-5-18(10-17)20-12-38-24-22-26(36-9-7-34-22)32-30(28(24)40-20)42-14-16(2)44-32/h3-6,8-10,12-14,19,25,28,33-35,37,40H,7,11H2,1-2H3. The van der Waals surface area contributed by atoms with Crippen molar-refractivity contribution >= 4 is 23.3 Å². The van der Waals surface area contributed by atoms with E-state index in [-0.39, 0.29) is 18.1 Å². The SMILES string of the molecule is CC1=COC2=C(O1)C1=C(NCC=N1)C1=NC=C(c3cccc(C4CNC5=C6NC=CNC6C6=C(OC=C(C)O6)C5=N4)c3)NC12. The first-order valence-corrected chi connectivity index (χ1v) is 14.5. The maximum absolute atomic E-state index is 6.13. The number of nitrogens with zero attached hydrogens (tertiary/aromatic N) is 3. The number of ether oxygens (including phenoxy) is 4. The molecule has 220 valence electrons. The summed E-state index contributed by atoms with van der Waals surface area (Å²) in [5.74, 6) is 3.90. The largest absolute Gasteiger partial charge is 0.459 e. The van der Waals surface area contributed by atoms with Gasteiger partial charge < -0.3 is 45.5 Å². The van der Waals surface area contributed by atoms with Crippen molar-refractivity contribution in [1.29, 1.82) is 0 Å². The molecule has 8 aliphatic rings. The third-order valence-corrected chi connectivity index (χ3v) is 8.34. The van der Waals surface area contributed by atoms with Crippen molar-refractivity contribution < 1.29 is 18.9 Å².